The number of benzene rings is 1. The zero-order chi connectivity index (χ0) is 18.2. The van der Waals surface area contributed by atoms with E-state index in [4.69, 9.17) is 0 Å². The first kappa shape index (κ1) is 17.1. The van der Waals surface area contributed by atoms with Gasteiger partial charge in [-0.25, -0.2) is 4.79 Å². The lowest BCUT2D eigenvalue weighted by Gasteiger charge is -2.52. The van der Waals surface area contributed by atoms with E-state index in [1.807, 2.05) is 0 Å². The summed E-state index contributed by atoms with van der Waals surface area (Å²) in [4.78, 5) is 36.8. The number of Topliss-reactive ketones (excluding diaryl/α,β-unsaturated/α-hetero) is 1. The van der Waals surface area contributed by atoms with Crippen molar-refractivity contribution < 1.29 is 19.6 Å². The number of nitrogens with one attached hydrogen (secondary N) is 1. The molecule has 1 saturated heterocycles. The fourth-order valence-electron chi connectivity index (χ4n) is 3.80. The zero-order valence-corrected chi connectivity index (χ0v) is 13.6. The lowest BCUT2D eigenvalue weighted by Crippen LogP contribution is -2.69. The number of nitrogens with zero attached hydrogens (tertiary/aromatic N) is 2. The molecule has 1 heterocycles. The Balaban J connectivity index is 2.07. The molecule has 3 rings (SSSR count). The number of carbonyl (C=O) groups excluding carboxylic acids is 2. The van der Waals surface area contributed by atoms with Crippen molar-refractivity contribution in [3.8, 4) is 0 Å². The fourth-order valence-corrected chi connectivity index (χ4v) is 3.80. The highest BCUT2D eigenvalue weighted by Crippen LogP contribution is 2.44. The number of urea groups is 1. The molecule has 1 aliphatic heterocycles. The van der Waals surface area contributed by atoms with Gasteiger partial charge in [-0.15, -0.1) is 6.58 Å². The average molecular weight is 345 g/mol. The zero-order valence-electron chi connectivity index (χ0n) is 13.6. The number of fused-ring (bicyclic) bond motifs is 1. The van der Waals surface area contributed by atoms with Gasteiger partial charge in [0.15, 0.2) is 5.72 Å². The van der Waals surface area contributed by atoms with Crippen molar-refractivity contribution in [3.05, 3.63) is 52.6 Å². The molecule has 2 amide bonds. The molecule has 8 heteroatoms. The van der Waals surface area contributed by atoms with Gasteiger partial charge in [0, 0.05) is 25.1 Å². The van der Waals surface area contributed by atoms with Crippen LogP contribution in [0.1, 0.15) is 30.9 Å². The second kappa shape index (κ2) is 6.29. The Morgan fingerprint density at radius 2 is 2.24 bits per heavy atom. The standard InChI is InChI=1S/C17H19N3O5/c1-2-9-19-16(22)18-15(11-5-3-6-12(10-11)20(24)25)14-13(21)7-4-8-17(14,19)23/h2-3,5-6,10,14-15,23H,1,4,7-9H2,(H,18,22). The maximum absolute atomic E-state index is 12.6. The summed E-state index contributed by atoms with van der Waals surface area (Å²) in [6, 6.07) is 4.45. The van der Waals surface area contributed by atoms with E-state index in [1.54, 1.807) is 6.07 Å². The van der Waals surface area contributed by atoms with Crippen LogP contribution >= 0.6 is 0 Å². The van der Waals surface area contributed by atoms with E-state index >= 15 is 0 Å². The maximum Gasteiger partial charge on any atom is 0.320 e. The van der Waals surface area contributed by atoms with Crippen molar-refractivity contribution in [2.75, 3.05) is 6.54 Å². The number of nitro groups is 1. The number of aliphatic hydroxyl groups is 1. The smallest absolute Gasteiger partial charge is 0.320 e. The van der Waals surface area contributed by atoms with E-state index in [-0.39, 0.29) is 24.4 Å². The highest BCUT2D eigenvalue weighted by atomic mass is 16.6. The number of hydrogen-bond donors (Lipinski definition) is 2. The Morgan fingerprint density at radius 1 is 1.48 bits per heavy atom. The Bertz CT molecular complexity index is 750. The van der Waals surface area contributed by atoms with E-state index in [0.29, 0.717) is 18.4 Å². The van der Waals surface area contributed by atoms with Gasteiger partial charge in [0.25, 0.3) is 5.69 Å². The summed E-state index contributed by atoms with van der Waals surface area (Å²) in [5.74, 6) is -1.06. The van der Waals surface area contributed by atoms with E-state index in [9.17, 15) is 24.8 Å². The Labute approximate surface area is 144 Å². The predicted octanol–water partition coefficient (Wildman–Crippen LogP) is 1.90. The summed E-state index contributed by atoms with van der Waals surface area (Å²) >= 11 is 0. The van der Waals surface area contributed by atoms with E-state index in [2.05, 4.69) is 11.9 Å². The van der Waals surface area contributed by atoms with Crippen LogP contribution in [0.25, 0.3) is 0 Å². The van der Waals surface area contributed by atoms with Crippen LogP contribution in [0, 0.1) is 16.0 Å². The van der Waals surface area contributed by atoms with Crippen LogP contribution in [-0.2, 0) is 4.79 Å². The Kier molecular flexibility index (Phi) is 4.30. The molecule has 1 saturated carbocycles. The number of carbonyl (C=O) groups is 2. The monoisotopic (exact) mass is 345 g/mol. The van der Waals surface area contributed by atoms with Gasteiger partial charge in [0.1, 0.15) is 5.78 Å². The fraction of sp³-hybridized carbons (Fsp3) is 0.412. The lowest BCUT2D eigenvalue weighted by atomic mass is 9.71. The summed E-state index contributed by atoms with van der Waals surface area (Å²) in [6.45, 7) is 3.70. The SMILES string of the molecule is C=CCN1C(=O)NC(c2cccc([N+](=O)[O-])c2)C2C(=O)CCCC21O. The summed E-state index contributed by atoms with van der Waals surface area (Å²) in [5, 5.41) is 25.0. The molecule has 2 aliphatic rings. The van der Waals surface area contributed by atoms with Gasteiger partial charge in [-0.2, -0.15) is 0 Å². The van der Waals surface area contributed by atoms with Crippen LogP contribution in [0.2, 0.25) is 0 Å². The number of hydrogen-bond acceptors (Lipinski definition) is 5. The summed E-state index contributed by atoms with van der Waals surface area (Å²) in [5.41, 5.74) is -1.33. The summed E-state index contributed by atoms with van der Waals surface area (Å²) in [6.07, 6.45) is 2.54. The third kappa shape index (κ3) is 2.78. The van der Waals surface area contributed by atoms with Crippen molar-refractivity contribution in [1.29, 1.82) is 0 Å². The molecule has 1 aliphatic carbocycles. The van der Waals surface area contributed by atoms with Crippen molar-refractivity contribution in [1.82, 2.24) is 10.2 Å². The first-order valence-electron chi connectivity index (χ1n) is 8.07. The van der Waals surface area contributed by atoms with Gasteiger partial charge in [-0.1, -0.05) is 18.2 Å². The number of non-ortho nitro benzene ring substituents is 1. The molecule has 3 unspecified atom stereocenters. The lowest BCUT2D eigenvalue weighted by molar-refractivity contribution is -0.385. The van der Waals surface area contributed by atoms with Crippen molar-refractivity contribution in [2.45, 2.75) is 31.0 Å². The van der Waals surface area contributed by atoms with Crippen LogP contribution in [0.15, 0.2) is 36.9 Å². The molecule has 0 bridgehead atoms. The number of amides is 2. The summed E-state index contributed by atoms with van der Waals surface area (Å²) in [7, 11) is 0. The molecule has 0 radical (unpaired) electrons. The van der Waals surface area contributed by atoms with Gasteiger partial charge in [-0.05, 0) is 18.4 Å². The Hall–Kier alpha value is -2.74. The third-order valence-electron chi connectivity index (χ3n) is 4.89. The minimum atomic E-state index is -1.62. The first-order valence-corrected chi connectivity index (χ1v) is 8.07. The molecule has 25 heavy (non-hydrogen) atoms. The Morgan fingerprint density at radius 3 is 2.92 bits per heavy atom. The van der Waals surface area contributed by atoms with E-state index in [1.165, 1.54) is 29.2 Å². The normalized spacial score (nSPS) is 28.9. The van der Waals surface area contributed by atoms with Crippen LogP contribution in [0.5, 0.6) is 0 Å². The number of ketones is 1. The van der Waals surface area contributed by atoms with Crippen LogP contribution in [0.4, 0.5) is 10.5 Å². The van der Waals surface area contributed by atoms with Crippen LogP contribution in [-0.4, -0.2) is 39.0 Å². The molecule has 8 nitrogen and oxygen atoms in total. The van der Waals surface area contributed by atoms with Gasteiger partial charge in [-0.3, -0.25) is 19.8 Å². The van der Waals surface area contributed by atoms with Crippen LogP contribution < -0.4 is 5.32 Å². The molecule has 2 fully saturated rings. The second-order valence-electron chi connectivity index (χ2n) is 6.35. The molecule has 0 aromatic heterocycles. The van der Waals surface area contributed by atoms with Gasteiger partial charge in [0.05, 0.1) is 16.9 Å². The summed E-state index contributed by atoms with van der Waals surface area (Å²) < 4.78 is 0. The molecule has 1 aromatic rings. The number of nitro benzene ring substituents is 1. The van der Waals surface area contributed by atoms with Crippen LogP contribution in [0.3, 0.4) is 0 Å². The largest absolute Gasteiger partial charge is 0.370 e. The van der Waals surface area contributed by atoms with Crippen molar-refractivity contribution in [3.63, 3.8) is 0 Å². The molecule has 3 atom stereocenters. The second-order valence-corrected chi connectivity index (χ2v) is 6.35. The highest BCUT2D eigenvalue weighted by molar-refractivity contribution is 5.88. The average Bonchev–Trinajstić information content (AvgIpc) is 2.57. The molecule has 2 N–H and O–H groups in total. The quantitative estimate of drug-likeness (QED) is 0.492. The van der Waals surface area contributed by atoms with Gasteiger partial charge < -0.3 is 10.4 Å². The maximum atomic E-state index is 12.6. The molecule has 132 valence electrons. The van der Waals surface area contributed by atoms with E-state index < -0.39 is 28.6 Å². The minimum absolute atomic E-state index is 0.105. The van der Waals surface area contributed by atoms with Crippen molar-refractivity contribution in [2.24, 2.45) is 5.92 Å². The van der Waals surface area contributed by atoms with E-state index in [0.717, 1.165) is 0 Å². The molecular weight excluding hydrogens is 326 g/mol. The minimum Gasteiger partial charge on any atom is -0.370 e. The highest BCUT2D eigenvalue weighted by Gasteiger charge is 2.57. The molecular formula is C17H19N3O5. The molecule has 1 aromatic carbocycles. The first-order chi connectivity index (χ1) is 11.9. The van der Waals surface area contributed by atoms with Gasteiger partial charge in [0.2, 0.25) is 0 Å². The molecule has 0 spiro atoms. The number of rotatable bonds is 4. The van der Waals surface area contributed by atoms with Gasteiger partial charge >= 0.3 is 6.03 Å². The van der Waals surface area contributed by atoms with Crippen molar-refractivity contribution >= 4 is 17.5 Å². The predicted molar refractivity (Wildman–Crippen MR) is 88.6 cm³/mol. The topological polar surface area (TPSA) is 113 Å². The third-order valence-corrected chi connectivity index (χ3v) is 4.89.